The van der Waals surface area contributed by atoms with Gasteiger partial charge in [0.2, 0.25) is 0 Å². The summed E-state index contributed by atoms with van der Waals surface area (Å²) < 4.78 is 18.4. The summed E-state index contributed by atoms with van der Waals surface area (Å²) in [5.41, 5.74) is -2.23. The zero-order valence-electron chi connectivity index (χ0n) is 12.7. The Kier molecular flexibility index (Phi) is 4.19. The van der Waals surface area contributed by atoms with E-state index in [1.54, 1.807) is 13.8 Å². The number of halogens is 1. The minimum Gasteiger partial charge on any atom is -0.479 e. The van der Waals surface area contributed by atoms with Gasteiger partial charge in [0, 0.05) is 18.4 Å². The maximum atomic E-state index is 12.8. The summed E-state index contributed by atoms with van der Waals surface area (Å²) >= 11 is 0. The molecule has 0 aliphatic heterocycles. The molecule has 0 aromatic carbocycles. The van der Waals surface area contributed by atoms with E-state index in [2.05, 4.69) is 10.3 Å². The highest BCUT2D eigenvalue weighted by Gasteiger charge is 2.66. The number of carbonyl (C=O) groups is 2. The molecule has 0 saturated heterocycles. The fraction of sp³-hybridized carbons (Fsp3) is 0.533. The number of hydrogen-bond acceptors (Lipinski definition) is 4. The van der Waals surface area contributed by atoms with Crippen LogP contribution in [0.1, 0.15) is 37.7 Å². The number of ether oxygens (including phenoxy) is 1. The van der Waals surface area contributed by atoms with Gasteiger partial charge < -0.3 is 15.2 Å². The second kappa shape index (κ2) is 5.64. The van der Waals surface area contributed by atoms with E-state index in [1.807, 2.05) is 6.92 Å². The number of pyridine rings is 1. The molecule has 0 unspecified atom stereocenters. The molecule has 7 heteroatoms. The second-order valence-corrected chi connectivity index (χ2v) is 5.90. The zero-order chi connectivity index (χ0) is 16.5. The number of hydrogen-bond donors (Lipinski definition) is 2. The van der Waals surface area contributed by atoms with Crippen LogP contribution in [0.4, 0.5) is 4.39 Å². The number of amides is 1. The van der Waals surface area contributed by atoms with Gasteiger partial charge in [0.25, 0.3) is 5.91 Å². The first-order chi connectivity index (χ1) is 10.2. The third-order valence-corrected chi connectivity index (χ3v) is 4.42. The van der Waals surface area contributed by atoms with Gasteiger partial charge in [-0.25, -0.2) is 14.2 Å². The third kappa shape index (κ3) is 2.45. The number of carbonyl (C=O) groups excluding carboxylic acids is 1. The van der Waals surface area contributed by atoms with Gasteiger partial charge in [0.15, 0.2) is 0 Å². The van der Waals surface area contributed by atoms with Gasteiger partial charge in [0.1, 0.15) is 17.1 Å². The third-order valence-electron chi connectivity index (χ3n) is 4.42. The summed E-state index contributed by atoms with van der Waals surface area (Å²) in [5, 5.41) is 12.1. The van der Waals surface area contributed by atoms with Crippen molar-refractivity contribution >= 4 is 11.9 Å². The van der Waals surface area contributed by atoms with Crippen LogP contribution in [0.25, 0.3) is 0 Å². The van der Waals surface area contributed by atoms with Crippen molar-refractivity contribution in [3.05, 3.63) is 29.8 Å². The van der Waals surface area contributed by atoms with Gasteiger partial charge in [-0.3, -0.25) is 4.79 Å². The fourth-order valence-electron chi connectivity index (χ4n) is 2.80. The van der Waals surface area contributed by atoms with Gasteiger partial charge in [-0.2, -0.15) is 0 Å². The maximum absolute atomic E-state index is 12.8. The lowest BCUT2D eigenvalue weighted by Crippen LogP contribution is -2.76. The van der Waals surface area contributed by atoms with Gasteiger partial charge in [-0.05, 0) is 19.1 Å². The monoisotopic (exact) mass is 310 g/mol. The van der Waals surface area contributed by atoms with Crippen molar-refractivity contribution in [2.24, 2.45) is 5.41 Å². The Hall–Kier alpha value is -2.02. The predicted octanol–water partition coefficient (Wildman–Crippen LogP) is 1.61. The maximum Gasteiger partial charge on any atom is 0.330 e. The van der Waals surface area contributed by atoms with Crippen molar-refractivity contribution in [3.8, 4) is 0 Å². The Morgan fingerprint density at radius 1 is 1.50 bits per heavy atom. The van der Waals surface area contributed by atoms with Crippen LogP contribution in [0.5, 0.6) is 0 Å². The van der Waals surface area contributed by atoms with Crippen LogP contribution in [-0.4, -0.2) is 40.2 Å². The number of rotatable bonds is 5. The number of carboxylic acids is 1. The first-order valence-corrected chi connectivity index (χ1v) is 7.03. The highest BCUT2D eigenvalue weighted by Crippen LogP contribution is 2.51. The van der Waals surface area contributed by atoms with Crippen LogP contribution in [0, 0.1) is 11.2 Å². The molecule has 22 heavy (non-hydrogen) atoms. The average Bonchev–Trinajstić information content (AvgIpc) is 2.46. The first-order valence-electron chi connectivity index (χ1n) is 7.03. The molecule has 120 valence electrons. The molecule has 1 aliphatic rings. The molecule has 1 heterocycles. The predicted molar refractivity (Wildman–Crippen MR) is 75.8 cm³/mol. The van der Waals surface area contributed by atoms with E-state index < -0.39 is 28.6 Å². The van der Waals surface area contributed by atoms with Crippen LogP contribution in [-0.2, 0) is 9.53 Å². The molecule has 2 rings (SSSR count). The minimum absolute atomic E-state index is 0.0299. The van der Waals surface area contributed by atoms with Crippen LogP contribution in [0.2, 0.25) is 0 Å². The highest BCUT2D eigenvalue weighted by atomic mass is 19.1. The standard InChI is InChI=1S/C15H19FN2O4/c1-4-22-11-7-15(13(20)21,14(11,2)3)18-12(19)10-6-5-9(16)8-17-10/h5-6,8,11H,4,7H2,1-3H3,(H,18,19)(H,20,21)/t11-,15+/m1/s1. The van der Waals surface area contributed by atoms with Crippen molar-refractivity contribution in [3.63, 3.8) is 0 Å². The van der Waals surface area contributed by atoms with Crippen LogP contribution < -0.4 is 5.32 Å². The van der Waals surface area contributed by atoms with E-state index in [1.165, 1.54) is 6.07 Å². The van der Waals surface area contributed by atoms with E-state index in [4.69, 9.17) is 4.74 Å². The topological polar surface area (TPSA) is 88.5 Å². The lowest BCUT2D eigenvalue weighted by molar-refractivity contribution is -0.190. The molecule has 1 aromatic heterocycles. The molecule has 2 atom stereocenters. The molecule has 1 fully saturated rings. The number of aliphatic carboxylic acids is 1. The van der Waals surface area contributed by atoms with Gasteiger partial charge >= 0.3 is 5.97 Å². The Balaban J connectivity index is 2.22. The number of nitrogens with zero attached hydrogens (tertiary/aromatic N) is 1. The van der Waals surface area contributed by atoms with Crippen molar-refractivity contribution < 1.29 is 23.8 Å². The van der Waals surface area contributed by atoms with Crippen molar-refractivity contribution in [2.45, 2.75) is 38.8 Å². The van der Waals surface area contributed by atoms with E-state index in [0.717, 1.165) is 12.3 Å². The van der Waals surface area contributed by atoms with Crippen LogP contribution in [0.15, 0.2) is 18.3 Å². The van der Waals surface area contributed by atoms with Gasteiger partial charge in [-0.15, -0.1) is 0 Å². The lowest BCUT2D eigenvalue weighted by atomic mass is 9.54. The first kappa shape index (κ1) is 16.4. The fourth-order valence-corrected chi connectivity index (χ4v) is 2.80. The number of aromatic nitrogens is 1. The Labute approximate surface area is 127 Å². The summed E-state index contributed by atoms with van der Waals surface area (Å²) in [5.74, 6) is -2.33. The summed E-state index contributed by atoms with van der Waals surface area (Å²) in [6.45, 7) is 5.78. The molecule has 0 bridgehead atoms. The van der Waals surface area contributed by atoms with Crippen LogP contribution in [0.3, 0.4) is 0 Å². The molecule has 0 radical (unpaired) electrons. The Morgan fingerprint density at radius 3 is 2.64 bits per heavy atom. The smallest absolute Gasteiger partial charge is 0.330 e. The minimum atomic E-state index is -1.43. The SMILES string of the molecule is CCO[C@@H]1C[C@](NC(=O)c2ccc(F)cn2)(C(=O)O)C1(C)C. The van der Waals surface area contributed by atoms with E-state index >= 15 is 0 Å². The summed E-state index contributed by atoms with van der Waals surface area (Å²) in [4.78, 5) is 27.6. The van der Waals surface area contributed by atoms with Crippen molar-refractivity contribution in [2.75, 3.05) is 6.61 Å². The van der Waals surface area contributed by atoms with E-state index in [-0.39, 0.29) is 18.2 Å². The van der Waals surface area contributed by atoms with E-state index in [9.17, 15) is 19.1 Å². The van der Waals surface area contributed by atoms with Gasteiger partial charge in [-0.1, -0.05) is 13.8 Å². The Bertz CT molecular complexity index is 588. The average molecular weight is 310 g/mol. The largest absolute Gasteiger partial charge is 0.479 e. The van der Waals surface area contributed by atoms with Gasteiger partial charge in [0.05, 0.1) is 12.3 Å². The zero-order valence-corrected chi connectivity index (χ0v) is 12.7. The second-order valence-electron chi connectivity index (χ2n) is 5.90. The Morgan fingerprint density at radius 2 is 2.18 bits per heavy atom. The molecular formula is C15H19FN2O4. The normalized spacial score (nSPS) is 26.1. The molecule has 1 saturated carbocycles. The molecular weight excluding hydrogens is 291 g/mol. The molecule has 1 aromatic rings. The lowest BCUT2D eigenvalue weighted by Gasteiger charge is -2.58. The quantitative estimate of drug-likeness (QED) is 0.862. The summed E-state index contributed by atoms with van der Waals surface area (Å²) in [6, 6.07) is 2.32. The van der Waals surface area contributed by atoms with Crippen molar-refractivity contribution in [1.29, 1.82) is 0 Å². The van der Waals surface area contributed by atoms with Crippen LogP contribution >= 0.6 is 0 Å². The van der Waals surface area contributed by atoms with Crippen molar-refractivity contribution in [1.82, 2.24) is 10.3 Å². The van der Waals surface area contributed by atoms with E-state index in [0.29, 0.717) is 6.61 Å². The molecule has 6 nitrogen and oxygen atoms in total. The molecule has 1 amide bonds. The molecule has 2 N–H and O–H groups in total. The summed E-state index contributed by atoms with van der Waals surface area (Å²) in [7, 11) is 0. The highest BCUT2D eigenvalue weighted by molar-refractivity contribution is 5.97. The molecule has 1 aliphatic carbocycles. The number of nitrogens with one attached hydrogen (secondary N) is 1. The summed E-state index contributed by atoms with van der Waals surface area (Å²) in [6.07, 6.45) is 0.836. The number of carboxylic acid groups (broad SMARTS) is 1. The molecule has 0 spiro atoms.